The van der Waals surface area contributed by atoms with Gasteiger partial charge in [-0.05, 0) is 67.0 Å². The van der Waals surface area contributed by atoms with Crippen LogP contribution in [-0.4, -0.2) is 20.9 Å². The number of nitrogens with one attached hydrogen (secondary N) is 1. The number of fused-ring (bicyclic) bond motifs is 1. The molecule has 4 rings (SSSR count). The summed E-state index contributed by atoms with van der Waals surface area (Å²) < 4.78 is 29.5. The van der Waals surface area contributed by atoms with Gasteiger partial charge in [0.1, 0.15) is 5.82 Å². The van der Waals surface area contributed by atoms with Gasteiger partial charge in [-0.1, -0.05) is 18.2 Å². The minimum Gasteiger partial charge on any atom is -0.289 e. The molecular formula is C21H21F2N3O2. The minimum atomic E-state index is -1.02. The topological polar surface area (TPSA) is 67.2 Å². The van der Waals surface area contributed by atoms with Gasteiger partial charge >= 0.3 is 0 Å². The quantitative estimate of drug-likeness (QED) is 0.531. The molecule has 2 atom stereocenters. The zero-order valence-corrected chi connectivity index (χ0v) is 15.7. The van der Waals surface area contributed by atoms with E-state index in [1.807, 2.05) is 12.1 Å². The first-order valence-corrected chi connectivity index (χ1v) is 9.19. The lowest BCUT2D eigenvalue weighted by Gasteiger charge is -2.29. The fourth-order valence-corrected chi connectivity index (χ4v) is 4.62. The van der Waals surface area contributed by atoms with Gasteiger partial charge in [0, 0.05) is 7.05 Å². The number of hydrogen-bond acceptors (Lipinski definition) is 3. The van der Waals surface area contributed by atoms with Crippen molar-refractivity contribution in [3.63, 3.8) is 0 Å². The summed E-state index contributed by atoms with van der Waals surface area (Å²) in [5.74, 6) is -1.41. The molecule has 2 aromatic carbocycles. The van der Waals surface area contributed by atoms with E-state index in [1.165, 1.54) is 10.7 Å². The van der Waals surface area contributed by atoms with Gasteiger partial charge in [-0.25, -0.2) is 9.87 Å². The molecule has 1 fully saturated rings. The molecule has 0 saturated heterocycles. The maximum absolute atomic E-state index is 14.2. The number of carbonyl (C=O) groups excluding carboxylic acids is 1. The van der Waals surface area contributed by atoms with Crippen LogP contribution in [0.3, 0.4) is 0 Å². The van der Waals surface area contributed by atoms with E-state index in [0.717, 1.165) is 5.56 Å². The number of aryl methyl sites for hydroxylation is 1. The minimum absolute atomic E-state index is 0.0160. The molecule has 1 heterocycles. The summed E-state index contributed by atoms with van der Waals surface area (Å²) in [5.41, 5.74) is 3.42. The molecule has 1 saturated carbocycles. The molecule has 0 bridgehead atoms. The van der Waals surface area contributed by atoms with Crippen LogP contribution in [0.25, 0.3) is 10.9 Å². The van der Waals surface area contributed by atoms with Crippen LogP contribution in [-0.2, 0) is 17.3 Å². The monoisotopic (exact) mass is 385 g/mol. The molecule has 5 nitrogen and oxygen atoms in total. The maximum atomic E-state index is 14.2. The summed E-state index contributed by atoms with van der Waals surface area (Å²) in [6.45, 7) is 1.65. The lowest BCUT2D eigenvalue weighted by atomic mass is 9.75. The second kappa shape index (κ2) is 6.67. The molecule has 28 heavy (non-hydrogen) atoms. The number of hydroxylamine groups is 1. The van der Waals surface area contributed by atoms with Crippen molar-refractivity contribution in [1.29, 1.82) is 0 Å². The SMILES string of the molecule is Cc1c(F)cccc1[C@]1(C(=O)NO)CC[C@@H](c2ccc3c(F)nn(C)c3c2)C1. The maximum Gasteiger partial charge on any atom is 0.254 e. The molecule has 7 heteroatoms. The third-order valence-electron chi connectivity index (χ3n) is 6.14. The molecule has 0 aliphatic heterocycles. The Morgan fingerprint density at radius 3 is 2.86 bits per heavy atom. The Balaban J connectivity index is 1.76. The first-order chi connectivity index (χ1) is 13.4. The van der Waals surface area contributed by atoms with Crippen molar-refractivity contribution < 1.29 is 18.8 Å². The fourth-order valence-electron chi connectivity index (χ4n) is 4.62. The van der Waals surface area contributed by atoms with Crippen LogP contribution in [0.4, 0.5) is 8.78 Å². The van der Waals surface area contributed by atoms with Crippen LogP contribution in [0.15, 0.2) is 36.4 Å². The van der Waals surface area contributed by atoms with Gasteiger partial charge in [0.05, 0.1) is 16.3 Å². The van der Waals surface area contributed by atoms with E-state index in [4.69, 9.17) is 0 Å². The molecule has 1 aliphatic carbocycles. The Hall–Kier alpha value is -2.80. The van der Waals surface area contributed by atoms with Crippen molar-refractivity contribution in [3.05, 3.63) is 64.9 Å². The van der Waals surface area contributed by atoms with Crippen molar-refractivity contribution >= 4 is 16.8 Å². The molecule has 1 amide bonds. The lowest BCUT2D eigenvalue weighted by molar-refractivity contribution is -0.135. The standard InChI is InChI=1S/C21H21F2N3O2/c1-12-16(4-3-5-17(12)22)21(20(27)25-28)9-8-14(11-21)13-6-7-15-18(10-13)26(2)24-19(15)23/h3-7,10,14,28H,8-9,11H2,1-2H3,(H,25,27)/t14-,21+/m1/s1. The predicted octanol–water partition coefficient (Wildman–Crippen LogP) is 3.87. The normalized spacial score (nSPS) is 22.0. The molecule has 1 aromatic heterocycles. The number of halogens is 2. The van der Waals surface area contributed by atoms with Crippen LogP contribution in [0.2, 0.25) is 0 Å². The summed E-state index contributed by atoms with van der Waals surface area (Å²) in [6.07, 6.45) is 1.59. The van der Waals surface area contributed by atoms with Gasteiger partial charge < -0.3 is 0 Å². The zero-order chi connectivity index (χ0) is 20.1. The van der Waals surface area contributed by atoms with Gasteiger partial charge in [-0.2, -0.15) is 4.39 Å². The van der Waals surface area contributed by atoms with Crippen LogP contribution in [0.5, 0.6) is 0 Å². The van der Waals surface area contributed by atoms with Crippen molar-refractivity contribution in [1.82, 2.24) is 15.3 Å². The van der Waals surface area contributed by atoms with Gasteiger partial charge in [0.2, 0.25) is 5.95 Å². The van der Waals surface area contributed by atoms with E-state index in [1.54, 1.807) is 37.7 Å². The van der Waals surface area contributed by atoms with Crippen LogP contribution < -0.4 is 5.48 Å². The van der Waals surface area contributed by atoms with Crippen LogP contribution in [0, 0.1) is 18.7 Å². The van der Waals surface area contributed by atoms with E-state index < -0.39 is 17.3 Å². The molecule has 3 aromatic rings. The Morgan fingerprint density at radius 1 is 1.32 bits per heavy atom. The summed E-state index contributed by atoms with van der Waals surface area (Å²) in [4.78, 5) is 12.7. The van der Waals surface area contributed by atoms with Gasteiger partial charge in [-0.15, -0.1) is 5.10 Å². The number of hydrogen-bond donors (Lipinski definition) is 2. The molecular weight excluding hydrogens is 364 g/mol. The number of rotatable bonds is 3. The molecule has 0 unspecified atom stereocenters. The highest BCUT2D eigenvalue weighted by Crippen LogP contribution is 2.50. The average molecular weight is 385 g/mol. The van der Waals surface area contributed by atoms with E-state index in [-0.39, 0.29) is 11.7 Å². The number of aromatic nitrogens is 2. The number of carbonyl (C=O) groups is 1. The second-order valence-corrected chi connectivity index (χ2v) is 7.57. The van der Waals surface area contributed by atoms with E-state index in [9.17, 15) is 18.8 Å². The van der Waals surface area contributed by atoms with Gasteiger partial charge in [0.25, 0.3) is 5.91 Å². The zero-order valence-electron chi connectivity index (χ0n) is 15.7. The largest absolute Gasteiger partial charge is 0.289 e. The highest BCUT2D eigenvalue weighted by molar-refractivity contribution is 5.88. The van der Waals surface area contributed by atoms with E-state index in [0.29, 0.717) is 41.3 Å². The Labute approximate surface area is 160 Å². The molecule has 1 aliphatic rings. The Bertz CT molecular complexity index is 1080. The molecule has 146 valence electrons. The van der Waals surface area contributed by atoms with Crippen molar-refractivity contribution in [2.45, 2.75) is 37.5 Å². The number of benzene rings is 2. The van der Waals surface area contributed by atoms with Gasteiger partial charge in [0.15, 0.2) is 0 Å². The Kier molecular flexibility index (Phi) is 4.42. The van der Waals surface area contributed by atoms with E-state index >= 15 is 0 Å². The number of nitrogens with zero attached hydrogens (tertiary/aromatic N) is 2. The Morgan fingerprint density at radius 2 is 2.11 bits per heavy atom. The summed E-state index contributed by atoms with van der Waals surface area (Å²) in [5, 5.41) is 13.6. The number of amides is 1. The predicted molar refractivity (Wildman–Crippen MR) is 100 cm³/mol. The average Bonchev–Trinajstić information content (AvgIpc) is 3.26. The van der Waals surface area contributed by atoms with Gasteiger partial charge in [-0.3, -0.25) is 14.7 Å². The summed E-state index contributed by atoms with van der Waals surface area (Å²) in [6, 6.07) is 10.1. The first kappa shape index (κ1) is 18.6. The molecule has 0 spiro atoms. The summed E-state index contributed by atoms with van der Waals surface area (Å²) in [7, 11) is 1.68. The van der Waals surface area contributed by atoms with Crippen LogP contribution in [0.1, 0.15) is 41.9 Å². The van der Waals surface area contributed by atoms with Crippen molar-refractivity contribution in [2.24, 2.45) is 7.05 Å². The second-order valence-electron chi connectivity index (χ2n) is 7.57. The summed E-state index contributed by atoms with van der Waals surface area (Å²) >= 11 is 0. The third-order valence-corrected chi connectivity index (χ3v) is 6.14. The first-order valence-electron chi connectivity index (χ1n) is 9.19. The van der Waals surface area contributed by atoms with Crippen LogP contribution >= 0.6 is 0 Å². The molecule has 0 radical (unpaired) electrons. The highest BCUT2D eigenvalue weighted by Gasteiger charge is 2.48. The highest BCUT2D eigenvalue weighted by atomic mass is 19.1. The fraction of sp³-hybridized carbons (Fsp3) is 0.333. The third kappa shape index (κ3) is 2.69. The van der Waals surface area contributed by atoms with Crippen molar-refractivity contribution in [2.75, 3.05) is 0 Å². The van der Waals surface area contributed by atoms with Crippen molar-refractivity contribution in [3.8, 4) is 0 Å². The smallest absolute Gasteiger partial charge is 0.254 e. The van der Waals surface area contributed by atoms with E-state index in [2.05, 4.69) is 5.10 Å². The molecule has 2 N–H and O–H groups in total. The lowest BCUT2D eigenvalue weighted by Crippen LogP contribution is -2.42.